The van der Waals surface area contributed by atoms with Crippen LogP contribution in [0.1, 0.15) is 21.6 Å². The highest BCUT2D eigenvalue weighted by Gasteiger charge is 2.38. The second-order valence-corrected chi connectivity index (χ2v) is 6.56. The van der Waals surface area contributed by atoms with Crippen molar-refractivity contribution in [3.63, 3.8) is 0 Å². The number of nitrogens with one attached hydrogen (secondary N) is 2. The number of aromatic nitrogens is 3. The van der Waals surface area contributed by atoms with Gasteiger partial charge in [0.2, 0.25) is 5.95 Å². The van der Waals surface area contributed by atoms with Gasteiger partial charge in [-0.25, -0.2) is 9.97 Å². The maximum Gasteiger partial charge on any atom is 0.434 e. The van der Waals surface area contributed by atoms with E-state index in [1.54, 1.807) is 12.1 Å². The van der Waals surface area contributed by atoms with E-state index >= 15 is 0 Å². The molecule has 0 saturated heterocycles. The Bertz CT molecular complexity index is 1030. The molecule has 29 heavy (non-hydrogen) atoms. The molecule has 0 unspecified atom stereocenters. The molecule has 2 aromatic heterocycles. The van der Waals surface area contributed by atoms with Gasteiger partial charge in [-0.1, -0.05) is 23.2 Å². The van der Waals surface area contributed by atoms with E-state index in [1.165, 1.54) is 30.6 Å². The molecule has 0 fully saturated rings. The molecule has 0 aliphatic carbocycles. The smallest absolute Gasteiger partial charge is 0.348 e. The maximum absolute atomic E-state index is 13.5. The average molecular weight is 442 g/mol. The summed E-state index contributed by atoms with van der Waals surface area (Å²) < 4.78 is 40.4. The van der Waals surface area contributed by atoms with Crippen molar-refractivity contribution < 1.29 is 18.0 Å². The minimum Gasteiger partial charge on any atom is -0.348 e. The average Bonchev–Trinajstić information content (AvgIpc) is 2.69. The molecule has 0 aliphatic rings. The second-order valence-electron chi connectivity index (χ2n) is 5.75. The highest BCUT2D eigenvalue weighted by Crippen LogP contribution is 2.32. The van der Waals surface area contributed by atoms with E-state index in [0.717, 1.165) is 6.20 Å². The van der Waals surface area contributed by atoms with Gasteiger partial charge in [0, 0.05) is 30.8 Å². The van der Waals surface area contributed by atoms with Crippen molar-refractivity contribution in [2.75, 3.05) is 5.32 Å². The number of nitrogens with zero attached hydrogens (tertiary/aromatic N) is 3. The van der Waals surface area contributed by atoms with Gasteiger partial charge in [-0.3, -0.25) is 9.78 Å². The molecule has 2 heterocycles. The summed E-state index contributed by atoms with van der Waals surface area (Å²) in [4.78, 5) is 23.4. The van der Waals surface area contributed by atoms with Crippen molar-refractivity contribution in [2.24, 2.45) is 0 Å². The van der Waals surface area contributed by atoms with Gasteiger partial charge in [0.25, 0.3) is 5.91 Å². The number of hydrogen-bond acceptors (Lipinski definition) is 5. The zero-order valence-electron chi connectivity index (χ0n) is 14.5. The third-order valence-corrected chi connectivity index (χ3v) is 4.42. The summed E-state index contributed by atoms with van der Waals surface area (Å²) in [7, 11) is 0. The molecule has 150 valence electrons. The Labute approximate surface area is 173 Å². The van der Waals surface area contributed by atoms with Gasteiger partial charge < -0.3 is 10.6 Å². The van der Waals surface area contributed by atoms with Crippen LogP contribution in [0.15, 0.2) is 48.9 Å². The highest BCUT2D eigenvalue weighted by molar-refractivity contribution is 6.42. The number of pyridine rings is 1. The summed E-state index contributed by atoms with van der Waals surface area (Å²) in [5, 5.41) is 5.51. The fourth-order valence-corrected chi connectivity index (χ4v) is 2.60. The number of halogens is 5. The number of amides is 1. The van der Waals surface area contributed by atoms with Crippen molar-refractivity contribution >= 4 is 40.7 Å². The Morgan fingerprint density at radius 3 is 2.45 bits per heavy atom. The lowest BCUT2D eigenvalue weighted by Crippen LogP contribution is -2.27. The standard InChI is InChI=1S/C18H12Cl2F3N5O/c19-13-2-1-11(7-14(13)20)27-17-26-9-12(15(28-17)18(21,22)23)16(29)25-8-10-3-5-24-6-4-10/h1-7,9H,8H2,(H,25,29)(H,26,27,28). The quantitative estimate of drug-likeness (QED) is 0.590. The Hall–Kier alpha value is -2.91. The van der Waals surface area contributed by atoms with Crippen LogP contribution in [0.3, 0.4) is 0 Å². The fraction of sp³-hybridized carbons (Fsp3) is 0.111. The van der Waals surface area contributed by atoms with Crippen molar-refractivity contribution in [1.82, 2.24) is 20.3 Å². The number of benzene rings is 1. The normalized spacial score (nSPS) is 11.2. The Balaban J connectivity index is 1.83. The van der Waals surface area contributed by atoms with Gasteiger partial charge in [0.05, 0.1) is 15.6 Å². The van der Waals surface area contributed by atoms with E-state index < -0.39 is 23.3 Å². The molecule has 3 rings (SSSR count). The number of carbonyl (C=O) groups excluding carboxylic acids is 1. The Kier molecular flexibility index (Phi) is 6.19. The zero-order chi connectivity index (χ0) is 21.0. The van der Waals surface area contributed by atoms with Gasteiger partial charge in [-0.15, -0.1) is 0 Å². The highest BCUT2D eigenvalue weighted by atomic mass is 35.5. The third-order valence-electron chi connectivity index (χ3n) is 3.68. The lowest BCUT2D eigenvalue weighted by molar-refractivity contribution is -0.141. The van der Waals surface area contributed by atoms with Gasteiger partial charge in [-0.2, -0.15) is 13.2 Å². The van der Waals surface area contributed by atoms with Gasteiger partial charge in [0.15, 0.2) is 5.69 Å². The maximum atomic E-state index is 13.5. The molecule has 11 heteroatoms. The van der Waals surface area contributed by atoms with Crippen molar-refractivity contribution in [3.8, 4) is 0 Å². The van der Waals surface area contributed by atoms with E-state index in [-0.39, 0.29) is 22.5 Å². The van der Waals surface area contributed by atoms with Gasteiger partial charge in [0.1, 0.15) is 0 Å². The summed E-state index contributed by atoms with van der Waals surface area (Å²) >= 11 is 11.7. The molecule has 0 radical (unpaired) electrons. The van der Waals surface area contributed by atoms with E-state index in [0.29, 0.717) is 11.3 Å². The monoisotopic (exact) mass is 441 g/mol. The Morgan fingerprint density at radius 2 is 1.79 bits per heavy atom. The molecule has 0 saturated carbocycles. The molecule has 2 N–H and O–H groups in total. The van der Waals surface area contributed by atoms with Crippen LogP contribution in [-0.2, 0) is 12.7 Å². The molecule has 0 atom stereocenters. The minimum atomic E-state index is -4.86. The van der Waals surface area contributed by atoms with Crippen molar-refractivity contribution in [1.29, 1.82) is 0 Å². The third kappa shape index (κ3) is 5.33. The largest absolute Gasteiger partial charge is 0.434 e. The van der Waals surface area contributed by atoms with Crippen LogP contribution in [0, 0.1) is 0 Å². The van der Waals surface area contributed by atoms with Crippen LogP contribution in [0.4, 0.5) is 24.8 Å². The molecule has 1 amide bonds. The van der Waals surface area contributed by atoms with Crippen LogP contribution in [0.2, 0.25) is 10.0 Å². The predicted octanol–water partition coefficient (Wildman–Crippen LogP) is 4.87. The van der Waals surface area contributed by atoms with Crippen LogP contribution in [0.5, 0.6) is 0 Å². The fourth-order valence-electron chi connectivity index (χ4n) is 2.31. The molecule has 0 aliphatic heterocycles. The first-order valence-electron chi connectivity index (χ1n) is 8.07. The van der Waals surface area contributed by atoms with Crippen LogP contribution in [0.25, 0.3) is 0 Å². The first kappa shape index (κ1) is 20.8. The summed E-state index contributed by atoms with van der Waals surface area (Å²) in [5.41, 5.74) is -1.03. The molecule has 3 aromatic rings. The lowest BCUT2D eigenvalue weighted by atomic mass is 10.2. The SMILES string of the molecule is O=C(NCc1ccncc1)c1cnc(Nc2ccc(Cl)c(Cl)c2)nc1C(F)(F)F. The molecule has 0 bridgehead atoms. The number of rotatable bonds is 5. The zero-order valence-corrected chi connectivity index (χ0v) is 16.0. The number of alkyl halides is 3. The van der Waals surface area contributed by atoms with Gasteiger partial charge in [-0.05, 0) is 35.9 Å². The number of hydrogen-bond donors (Lipinski definition) is 2. The van der Waals surface area contributed by atoms with Crippen LogP contribution < -0.4 is 10.6 Å². The predicted molar refractivity (Wildman–Crippen MR) is 102 cm³/mol. The minimum absolute atomic E-state index is 0.0297. The van der Waals surface area contributed by atoms with E-state index in [1.807, 2.05) is 0 Å². The molecular formula is C18H12Cl2F3N5O. The van der Waals surface area contributed by atoms with Crippen LogP contribution in [-0.4, -0.2) is 20.9 Å². The van der Waals surface area contributed by atoms with Crippen molar-refractivity contribution in [3.05, 3.63) is 75.8 Å². The molecule has 6 nitrogen and oxygen atoms in total. The summed E-state index contributed by atoms with van der Waals surface area (Å²) in [6.07, 6.45) is -1.03. The number of anilines is 2. The van der Waals surface area contributed by atoms with E-state index in [9.17, 15) is 18.0 Å². The summed E-state index contributed by atoms with van der Waals surface area (Å²) in [6, 6.07) is 7.64. The first-order valence-corrected chi connectivity index (χ1v) is 8.83. The molecular weight excluding hydrogens is 430 g/mol. The Morgan fingerprint density at radius 1 is 1.07 bits per heavy atom. The lowest BCUT2D eigenvalue weighted by Gasteiger charge is -2.14. The molecule has 1 aromatic carbocycles. The first-order chi connectivity index (χ1) is 13.7. The van der Waals surface area contributed by atoms with Crippen molar-refractivity contribution in [2.45, 2.75) is 12.7 Å². The molecule has 0 spiro atoms. The van der Waals surface area contributed by atoms with Crippen LogP contribution >= 0.6 is 23.2 Å². The van der Waals surface area contributed by atoms with Gasteiger partial charge >= 0.3 is 6.18 Å². The second kappa shape index (κ2) is 8.62. The number of carbonyl (C=O) groups is 1. The van der Waals surface area contributed by atoms with E-state index in [2.05, 4.69) is 25.6 Å². The van der Waals surface area contributed by atoms with E-state index in [4.69, 9.17) is 23.2 Å². The summed E-state index contributed by atoms with van der Waals surface area (Å²) in [6.45, 7) is 0.0297. The summed E-state index contributed by atoms with van der Waals surface area (Å²) in [5.74, 6) is -1.29. The topological polar surface area (TPSA) is 79.8 Å².